The van der Waals surface area contributed by atoms with Crippen LogP contribution in [0, 0.1) is 0 Å². The number of ether oxygens (including phenoxy) is 6. The molecule has 4 fully saturated rings. The Bertz CT molecular complexity index is 2790. The molecule has 0 unspecified atom stereocenters. The van der Waals surface area contributed by atoms with Crippen LogP contribution in [0.3, 0.4) is 0 Å². The molecule has 0 aromatic heterocycles. The van der Waals surface area contributed by atoms with Crippen LogP contribution in [-0.4, -0.2) is 264 Å². The highest BCUT2D eigenvalue weighted by atomic mass is 35.5. The maximum absolute atomic E-state index is 14.3. The van der Waals surface area contributed by atoms with Crippen molar-refractivity contribution in [2.45, 2.75) is 123 Å². The standard InChI is InChI=1S/2C15H25N2O4P.C14H22ClN2O3P.C14H22FN2O3P/c1-10-16-12(18)6-8-17(10)15-14(20-2)13(19)11(21-15)7-9-22(3,4)5;1-9-10(8-16-15(19)17-9)13-14(20-2)12(18)11(21-13)6-7-22(3,4)5;2*1-8-9(7-16-14(19)17-8)13-11(15)12(18)10(20-13)5-6-21(2,3)4/h6,8,11,13-15,19H,1,3,7,9H2,2,4-5H3,(H,16,18);8,11-14,18H,1,3,6-7H2,2,4-5H3,(H2,16,17,19);2*7,10-13,18H,1-2,5-6H2,3-4H3,(H2,16,17,19)/t11-,13-,14-,15-;11-,12-,13+,14-;2*10-,11-,12-,13+/m1111/s1. The van der Waals surface area contributed by atoms with Crippen molar-refractivity contribution in [3.05, 3.63) is 96.8 Å². The summed E-state index contributed by atoms with van der Waals surface area (Å²) in [6, 6.07) is -1.09. The van der Waals surface area contributed by atoms with E-state index in [0.29, 0.717) is 46.1 Å². The van der Waals surface area contributed by atoms with E-state index in [1.54, 1.807) is 31.5 Å². The summed E-state index contributed by atoms with van der Waals surface area (Å²) in [5.41, 5.74) is 2.99. The van der Waals surface area contributed by atoms with E-state index >= 15 is 0 Å². The fourth-order valence-corrected chi connectivity index (χ4v) is 14.3. The number of rotatable bonds is 18. The first kappa shape index (κ1) is 72.8. The van der Waals surface area contributed by atoms with Gasteiger partial charge in [-0.15, -0.1) is 64.3 Å². The third kappa shape index (κ3) is 20.5. The van der Waals surface area contributed by atoms with Gasteiger partial charge in [0.25, 0.3) is 5.91 Å². The summed E-state index contributed by atoms with van der Waals surface area (Å²) in [5.74, 6) is 0.186. The number of aliphatic hydroxyl groups excluding tert-OH is 4. The van der Waals surface area contributed by atoms with Gasteiger partial charge in [0, 0.05) is 78.9 Å². The van der Waals surface area contributed by atoms with E-state index in [2.05, 4.69) is 142 Å². The first-order valence-corrected chi connectivity index (χ1v) is 40.7. The fourth-order valence-electron chi connectivity index (χ4n) is 10.2. The molecule has 7 amide bonds. The Morgan fingerprint density at radius 2 is 0.884 bits per heavy atom. The monoisotopic (exact) mass is 1300 g/mol. The Balaban J connectivity index is 0.000000209. The molecule has 0 aromatic carbocycles. The summed E-state index contributed by atoms with van der Waals surface area (Å²) in [6.45, 7) is 27.4. The van der Waals surface area contributed by atoms with Gasteiger partial charge in [-0.2, -0.15) is 0 Å². The summed E-state index contributed by atoms with van der Waals surface area (Å²) in [6.07, 6.45) is 20.8. The van der Waals surface area contributed by atoms with Crippen molar-refractivity contribution < 1.29 is 72.4 Å². The molecule has 11 N–H and O–H groups in total. The summed E-state index contributed by atoms with van der Waals surface area (Å²) in [4.78, 5) is 46.6. The Labute approximate surface area is 512 Å². The van der Waals surface area contributed by atoms with Gasteiger partial charge in [-0.05, 0) is 104 Å². The van der Waals surface area contributed by atoms with Crippen LogP contribution in [-0.2, 0) is 33.2 Å². The SMILES string of the molecule is C=C1NC(=O)C=CN1[C@@H]1O[C@H](CCP(=C)(C)C)[C@@H](O)[C@H]1OC.C=C1NC(=O)NC=C1[C@@H]1O[C@H](CCP(=C)(C)C)[C@@H](O)[C@H]1Cl.C=C1NC(=O)NC=C1[C@@H]1O[C@H](CCP(=C)(C)C)[C@@H](O)[C@H]1F.C=C1NC(=O)NC=C1[C@@H]1O[C@H](CCP(=C)(C)C)[C@@H](O)[C@H]1OC. The molecule has 0 bridgehead atoms. The number of amides is 7. The zero-order chi connectivity index (χ0) is 64.6. The lowest BCUT2D eigenvalue weighted by Crippen LogP contribution is -2.47. The van der Waals surface area contributed by atoms with Gasteiger partial charge in [-0.3, -0.25) is 4.79 Å². The van der Waals surface area contributed by atoms with Crippen LogP contribution < -0.4 is 37.2 Å². The Morgan fingerprint density at radius 1 is 0.535 bits per heavy atom. The van der Waals surface area contributed by atoms with Crippen LogP contribution in [0.15, 0.2) is 96.8 Å². The van der Waals surface area contributed by atoms with Crippen molar-refractivity contribution in [3.63, 3.8) is 0 Å². The summed E-state index contributed by atoms with van der Waals surface area (Å²) >= 11 is 6.30. The smallest absolute Gasteiger partial charge is 0.323 e. The summed E-state index contributed by atoms with van der Waals surface area (Å²) in [7, 11) is 3.09. The maximum Gasteiger partial charge on any atom is 0.323 e. The zero-order valence-electron chi connectivity index (χ0n) is 51.3. The number of nitrogens with zero attached hydrogens (tertiary/aromatic N) is 1. The Kier molecular flexibility index (Phi) is 26.0. The summed E-state index contributed by atoms with van der Waals surface area (Å²) < 4.78 is 48.7. The second kappa shape index (κ2) is 30.7. The molecule has 4 saturated heterocycles. The van der Waals surface area contributed by atoms with E-state index in [1.165, 1.54) is 18.5 Å². The normalized spacial score (nSPS) is 32.9. The lowest BCUT2D eigenvalue weighted by Gasteiger charge is -2.33. The van der Waals surface area contributed by atoms with Crippen molar-refractivity contribution in [2.24, 2.45) is 0 Å². The van der Waals surface area contributed by atoms with E-state index in [1.807, 2.05) is 0 Å². The molecule has 0 aromatic rings. The number of carbonyl (C=O) groups excluding carboxylic acids is 4. The predicted molar refractivity (Wildman–Crippen MR) is 351 cm³/mol. The molecule has 8 aliphatic heterocycles. The topological polar surface area (TPSA) is 292 Å². The highest BCUT2D eigenvalue weighted by molar-refractivity contribution is 7.73. The number of carbonyl (C=O) groups is 4. The minimum Gasteiger partial charge on any atom is -0.389 e. The van der Waals surface area contributed by atoms with Gasteiger partial charge in [-0.25, -0.2) is 18.8 Å². The number of alkyl halides is 2. The molecule has 22 nitrogen and oxygen atoms in total. The molecule has 16 atom stereocenters. The van der Waals surface area contributed by atoms with Crippen LogP contribution in [0.4, 0.5) is 18.8 Å². The largest absolute Gasteiger partial charge is 0.389 e. The molecule has 484 valence electrons. The average molecular weight is 1310 g/mol. The van der Waals surface area contributed by atoms with Gasteiger partial charge in [-0.1, -0.05) is 26.3 Å². The molecule has 86 heavy (non-hydrogen) atoms. The lowest BCUT2D eigenvalue weighted by molar-refractivity contribution is -0.118. The van der Waals surface area contributed by atoms with Gasteiger partial charge < -0.3 is 91.0 Å². The highest BCUT2D eigenvalue weighted by Gasteiger charge is 2.50. The number of hydrogen-bond donors (Lipinski definition) is 11. The summed E-state index contributed by atoms with van der Waals surface area (Å²) in [5, 5.41) is 58.5. The molecule has 0 spiro atoms. The van der Waals surface area contributed by atoms with Gasteiger partial charge >= 0.3 is 18.1 Å². The van der Waals surface area contributed by atoms with Gasteiger partial charge in [0.05, 0.1) is 35.9 Å². The number of methoxy groups -OCH3 is 2. The van der Waals surface area contributed by atoms with Crippen LogP contribution in [0.2, 0.25) is 0 Å². The molecule has 28 heteroatoms. The Morgan fingerprint density at radius 3 is 1.28 bits per heavy atom. The molecular weight excluding hydrogens is 1210 g/mol. The third-order valence-electron chi connectivity index (χ3n) is 15.0. The zero-order valence-corrected chi connectivity index (χ0v) is 55.6. The van der Waals surface area contributed by atoms with E-state index in [4.69, 9.17) is 40.0 Å². The predicted octanol–water partition coefficient (Wildman–Crippen LogP) is 4.34. The number of urea groups is 3. The van der Waals surface area contributed by atoms with E-state index < -0.39 is 112 Å². The molecule has 0 radical (unpaired) electrons. The molecule has 0 saturated carbocycles. The van der Waals surface area contributed by atoms with Crippen LogP contribution in [0.25, 0.3) is 0 Å². The first-order valence-electron chi connectivity index (χ1n) is 28.1. The Hall–Kier alpha value is -3.98. The van der Waals surface area contributed by atoms with Crippen molar-refractivity contribution in [1.82, 2.24) is 42.1 Å². The van der Waals surface area contributed by atoms with Gasteiger partial charge in [0.15, 0.2) is 12.4 Å². The maximum atomic E-state index is 14.3. The first-order chi connectivity index (χ1) is 39.8. The van der Waals surface area contributed by atoms with E-state index in [0.717, 1.165) is 43.9 Å². The van der Waals surface area contributed by atoms with Gasteiger partial charge in [0.1, 0.15) is 54.7 Å². The molecule has 8 aliphatic rings. The van der Waals surface area contributed by atoms with Crippen molar-refractivity contribution in [2.75, 3.05) is 92.2 Å². The highest BCUT2D eigenvalue weighted by Crippen LogP contribution is 2.44. The second-order valence-electron chi connectivity index (χ2n) is 25.1. The minimum atomic E-state index is -1.54. The quantitative estimate of drug-likeness (QED) is 0.0673. The van der Waals surface area contributed by atoms with E-state index in [9.17, 15) is 44.0 Å². The fraction of sp³-hybridized carbons (Fsp3) is 0.586. The number of halogens is 2. The molecule has 0 aliphatic carbocycles. The lowest BCUT2D eigenvalue weighted by atomic mass is 9.99. The molecule has 8 heterocycles. The number of hydrogen-bond acceptors (Lipinski definition) is 15. The van der Waals surface area contributed by atoms with Crippen LogP contribution in [0.5, 0.6) is 0 Å². The van der Waals surface area contributed by atoms with Crippen molar-refractivity contribution >= 4 is 88.3 Å². The minimum absolute atomic E-state index is 0.228. The number of aliphatic hydroxyl groups is 4. The molecular formula is C58H94ClFN8O14P4. The van der Waals surface area contributed by atoms with Crippen LogP contribution in [0.1, 0.15) is 25.7 Å². The van der Waals surface area contributed by atoms with Crippen LogP contribution >= 0.6 is 39.1 Å². The number of nitrogens with one attached hydrogen (secondary N) is 7. The van der Waals surface area contributed by atoms with Crippen molar-refractivity contribution in [3.8, 4) is 0 Å². The molecule has 8 rings (SSSR count). The van der Waals surface area contributed by atoms with Crippen molar-refractivity contribution in [1.29, 1.82) is 0 Å². The van der Waals surface area contributed by atoms with Gasteiger partial charge in [0.2, 0.25) is 0 Å². The third-order valence-corrected chi connectivity index (χ3v) is 21.3. The second-order valence-corrected chi connectivity index (χ2v) is 42.9. The average Bonchev–Trinajstić information content (AvgIpc) is 2.21. The van der Waals surface area contributed by atoms with E-state index in [-0.39, 0.29) is 36.3 Å².